The molecule has 78 valence electrons. The van der Waals surface area contributed by atoms with E-state index in [1.165, 1.54) is 10.4 Å². The second-order valence-corrected chi connectivity index (χ2v) is 5.08. The van der Waals surface area contributed by atoms with E-state index in [1.54, 1.807) is 11.3 Å². The van der Waals surface area contributed by atoms with Gasteiger partial charge in [0.05, 0.1) is 12.7 Å². The number of hydrogen-bond donors (Lipinski definition) is 1. The van der Waals surface area contributed by atoms with Gasteiger partial charge in [0.1, 0.15) is 0 Å². The van der Waals surface area contributed by atoms with E-state index >= 15 is 0 Å². The van der Waals surface area contributed by atoms with Gasteiger partial charge in [-0.2, -0.15) is 0 Å². The Bertz CT molecular complexity index is 289. The maximum atomic E-state index is 9.94. The number of aliphatic hydroxyl groups excluding tert-OH is 1. The van der Waals surface area contributed by atoms with Gasteiger partial charge in [-0.3, -0.25) is 0 Å². The Morgan fingerprint density at radius 2 is 2.57 bits per heavy atom. The lowest BCUT2D eigenvalue weighted by molar-refractivity contribution is 0.0919. The summed E-state index contributed by atoms with van der Waals surface area (Å²) < 4.78 is 5.26. The Kier molecular flexibility index (Phi) is 3.21. The van der Waals surface area contributed by atoms with E-state index in [9.17, 15) is 5.11 Å². The Labute approximate surface area is 88.5 Å². The molecule has 0 aromatic carbocycles. The van der Waals surface area contributed by atoms with Crippen LogP contribution in [-0.4, -0.2) is 24.4 Å². The highest BCUT2D eigenvalue weighted by molar-refractivity contribution is 7.10. The molecule has 1 saturated heterocycles. The molecule has 14 heavy (non-hydrogen) atoms. The molecule has 2 nitrogen and oxygen atoms in total. The van der Waals surface area contributed by atoms with E-state index in [-0.39, 0.29) is 6.10 Å². The lowest BCUT2D eigenvalue weighted by Crippen LogP contribution is -2.22. The van der Waals surface area contributed by atoms with Crippen molar-refractivity contribution in [3.63, 3.8) is 0 Å². The van der Waals surface area contributed by atoms with Gasteiger partial charge in [-0.25, -0.2) is 0 Å². The zero-order valence-corrected chi connectivity index (χ0v) is 9.22. The highest BCUT2D eigenvalue weighted by atomic mass is 32.1. The average molecular weight is 212 g/mol. The molecule has 2 atom stereocenters. The van der Waals surface area contributed by atoms with Crippen LogP contribution >= 0.6 is 11.3 Å². The molecule has 2 heterocycles. The number of hydrogen-bond acceptors (Lipinski definition) is 3. The summed E-state index contributed by atoms with van der Waals surface area (Å²) in [5.41, 5.74) is 1.26. The van der Waals surface area contributed by atoms with Gasteiger partial charge in [0.15, 0.2) is 0 Å². The Balaban J connectivity index is 1.90. The minimum Gasteiger partial charge on any atom is -0.392 e. The summed E-state index contributed by atoms with van der Waals surface area (Å²) in [4.78, 5) is 1.31. The summed E-state index contributed by atoms with van der Waals surface area (Å²) in [5.74, 6) is 0.343. The Hall–Kier alpha value is -0.380. The van der Waals surface area contributed by atoms with Crippen LogP contribution in [0.5, 0.6) is 0 Å². The van der Waals surface area contributed by atoms with Crippen LogP contribution in [0, 0.1) is 12.8 Å². The van der Waals surface area contributed by atoms with Gasteiger partial charge in [0.2, 0.25) is 0 Å². The van der Waals surface area contributed by atoms with Gasteiger partial charge in [0, 0.05) is 17.4 Å². The molecule has 0 bridgehead atoms. The molecular formula is C11H16O2S. The smallest absolute Gasteiger partial charge is 0.0631 e. The minimum absolute atomic E-state index is 0.230. The summed E-state index contributed by atoms with van der Waals surface area (Å²) in [6.07, 6.45) is 1.55. The predicted molar refractivity (Wildman–Crippen MR) is 57.7 cm³/mol. The fraction of sp³-hybridized carbons (Fsp3) is 0.636. The fourth-order valence-electron chi connectivity index (χ4n) is 1.87. The molecular weight excluding hydrogens is 196 g/mol. The maximum Gasteiger partial charge on any atom is 0.0631 e. The highest BCUT2D eigenvalue weighted by Crippen LogP contribution is 2.22. The first-order chi connectivity index (χ1) is 6.75. The van der Waals surface area contributed by atoms with Crippen molar-refractivity contribution in [2.75, 3.05) is 13.2 Å². The van der Waals surface area contributed by atoms with E-state index < -0.39 is 0 Å². The zero-order chi connectivity index (χ0) is 9.97. The van der Waals surface area contributed by atoms with Crippen LogP contribution in [0.25, 0.3) is 0 Å². The highest BCUT2D eigenvalue weighted by Gasteiger charge is 2.24. The van der Waals surface area contributed by atoms with E-state index in [4.69, 9.17) is 4.74 Å². The summed E-state index contributed by atoms with van der Waals surface area (Å²) >= 11 is 1.75. The summed E-state index contributed by atoms with van der Waals surface area (Å²) in [7, 11) is 0. The van der Waals surface area contributed by atoms with Crippen molar-refractivity contribution in [3.05, 3.63) is 21.9 Å². The van der Waals surface area contributed by atoms with Crippen LogP contribution < -0.4 is 0 Å². The third kappa shape index (κ3) is 2.35. The molecule has 0 saturated carbocycles. The lowest BCUT2D eigenvalue weighted by atomic mass is 9.97. The number of ether oxygens (including phenoxy) is 1. The molecule has 3 heteroatoms. The van der Waals surface area contributed by atoms with E-state index in [0.717, 1.165) is 26.1 Å². The van der Waals surface area contributed by atoms with Crippen LogP contribution in [0.3, 0.4) is 0 Å². The molecule has 0 amide bonds. The van der Waals surface area contributed by atoms with E-state index in [0.29, 0.717) is 5.92 Å². The van der Waals surface area contributed by atoms with Crippen molar-refractivity contribution >= 4 is 11.3 Å². The SMILES string of the molecule is Cc1cc(CC(O)C2CCOC2)cs1. The largest absolute Gasteiger partial charge is 0.392 e. The average Bonchev–Trinajstić information content (AvgIpc) is 2.75. The lowest BCUT2D eigenvalue weighted by Gasteiger charge is -2.15. The maximum absolute atomic E-state index is 9.94. The Morgan fingerprint density at radius 3 is 3.14 bits per heavy atom. The first kappa shape index (κ1) is 10.1. The quantitative estimate of drug-likeness (QED) is 0.830. The second-order valence-electron chi connectivity index (χ2n) is 3.96. The number of aryl methyl sites for hydroxylation is 1. The molecule has 0 radical (unpaired) electrons. The molecule has 0 spiro atoms. The second kappa shape index (κ2) is 4.43. The van der Waals surface area contributed by atoms with Crippen molar-refractivity contribution in [3.8, 4) is 0 Å². The molecule has 1 aromatic heterocycles. The standard InChI is InChI=1S/C11H16O2S/c1-8-4-9(7-14-8)5-11(12)10-2-3-13-6-10/h4,7,10-12H,2-3,5-6H2,1H3. The monoisotopic (exact) mass is 212 g/mol. The molecule has 1 fully saturated rings. The van der Waals surface area contributed by atoms with Gasteiger partial charge in [-0.15, -0.1) is 11.3 Å². The van der Waals surface area contributed by atoms with Gasteiger partial charge in [-0.05, 0) is 36.8 Å². The third-order valence-electron chi connectivity index (χ3n) is 2.74. The van der Waals surface area contributed by atoms with Crippen LogP contribution in [0.2, 0.25) is 0 Å². The van der Waals surface area contributed by atoms with Crippen molar-refractivity contribution < 1.29 is 9.84 Å². The number of aliphatic hydroxyl groups is 1. The first-order valence-electron chi connectivity index (χ1n) is 5.05. The van der Waals surface area contributed by atoms with Gasteiger partial charge in [0.25, 0.3) is 0 Å². The summed E-state index contributed by atoms with van der Waals surface area (Å²) in [5, 5.41) is 12.1. The van der Waals surface area contributed by atoms with Crippen molar-refractivity contribution in [1.29, 1.82) is 0 Å². The Morgan fingerprint density at radius 1 is 1.71 bits per heavy atom. The predicted octanol–water partition coefficient (Wildman–Crippen LogP) is 2.00. The van der Waals surface area contributed by atoms with Gasteiger partial charge in [-0.1, -0.05) is 0 Å². The van der Waals surface area contributed by atoms with E-state index in [2.05, 4.69) is 18.4 Å². The third-order valence-corrected chi connectivity index (χ3v) is 3.65. The molecule has 1 aromatic rings. The van der Waals surface area contributed by atoms with Crippen LogP contribution in [0.15, 0.2) is 11.4 Å². The summed E-state index contributed by atoms with van der Waals surface area (Å²) in [6, 6.07) is 2.16. The normalized spacial score (nSPS) is 24.0. The minimum atomic E-state index is -0.230. The van der Waals surface area contributed by atoms with Gasteiger partial charge < -0.3 is 9.84 Å². The molecule has 2 rings (SSSR count). The molecule has 0 aliphatic carbocycles. The van der Waals surface area contributed by atoms with Crippen LogP contribution in [-0.2, 0) is 11.2 Å². The van der Waals surface area contributed by atoms with Gasteiger partial charge >= 0.3 is 0 Å². The van der Waals surface area contributed by atoms with Crippen molar-refractivity contribution in [2.45, 2.75) is 25.9 Å². The fourth-order valence-corrected chi connectivity index (χ4v) is 2.59. The zero-order valence-electron chi connectivity index (χ0n) is 8.40. The molecule has 1 aliphatic rings. The van der Waals surface area contributed by atoms with Crippen molar-refractivity contribution in [2.24, 2.45) is 5.92 Å². The van der Waals surface area contributed by atoms with Crippen molar-refractivity contribution in [1.82, 2.24) is 0 Å². The molecule has 2 unspecified atom stereocenters. The topological polar surface area (TPSA) is 29.5 Å². The number of rotatable bonds is 3. The van der Waals surface area contributed by atoms with E-state index in [1.807, 2.05) is 0 Å². The van der Waals surface area contributed by atoms with Crippen LogP contribution in [0.1, 0.15) is 16.9 Å². The summed E-state index contributed by atoms with van der Waals surface area (Å²) in [6.45, 7) is 3.63. The number of thiophene rings is 1. The van der Waals surface area contributed by atoms with Crippen LogP contribution in [0.4, 0.5) is 0 Å². The molecule has 1 aliphatic heterocycles. The molecule has 1 N–H and O–H groups in total. The first-order valence-corrected chi connectivity index (χ1v) is 5.93.